The van der Waals surface area contributed by atoms with Crippen molar-refractivity contribution in [1.29, 1.82) is 0 Å². The molecule has 2 unspecified atom stereocenters. The molecule has 0 N–H and O–H groups in total. The van der Waals surface area contributed by atoms with Crippen molar-refractivity contribution < 1.29 is 9.53 Å². The zero-order valence-corrected chi connectivity index (χ0v) is 22.9. The van der Waals surface area contributed by atoms with Gasteiger partial charge in [0.05, 0.1) is 24.9 Å². The highest BCUT2D eigenvalue weighted by Gasteiger charge is 2.34. The fraction of sp³-hybridized carbons (Fsp3) is 0.655. The van der Waals surface area contributed by atoms with Gasteiger partial charge in [0.1, 0.15) is 0 Å². The second kappa shape index (κ2) is 12.1. The summed E-state index contributed by atoms with van der Waals surface area (Å²) in [6.45, 7) is 10.5. The van der Waals surface area contributed by atoms with Gasteiger partial charge >= 0.3 is 0 Å². The smallest absolute Gasteiger partial charge is 0.274 e. The van der Waals surface area contributed by atoms with Gasteiger partial charge in [-0.3, -0.25) is 9.48 Å². The molecule has 0 radical (unpaired) electrons. The molecule has 3 aliphatic heterocycles. The molecule has 2 aromatic rings. The molecule has 2 fully saturated rings. The average molecular weight is 511 g/mol. The van der Waals surface area contributed by atoms with Gasteiger partial charge in [0, 0.05) is 48.0 Å². The SMILES string of the molecule is CCCCC(CCC)CN1CCCC(n2nc(C(=O)N3CCOCC3)c3c2-c2ccccc2SC3)C1. The Balaban J connectivity index is 1.44. The van der Waals surface area contributed by atoms with E-state index >= 15 is 0 Å². The van der Waals surface area contributed by atoms with E-state index in [-0.39, 0.29) is 5.91 Å². The highest BCUT2D eigenvalue weighted by Crippen LogP contribution is 2.44. The van der Waals surface area contributed by atoms with Crippen LogP contribution in [0.25, 0.3) is 11.3 Å². The molecule has 7 heteroatoms. The number of ether oxygens (including phenoxy) is 1. The number of thioether (sulfide) groups is 1. The van der Waals surface area contributed by atoms with Crippen LogP contribution in [-0.2, 0) is 10.5 Å². The summed E-state index contributed by atoms with van der Waals surface area (Å²) in [4.78, 5) is 19.5. The Morgan fingerprint density at radius 1 is 1.14 bits per heavy atom. The Morgan fingerprint density at radius 2 is 1.97 bits per heavy atom. The van der Waals surface area contributed by atoms with E-state index in [1.165, 1.54) is 67.8 Å². The lowest BCUT2D eigenvalue weighted by Crippen LogP contribution is -2.41. The van der Waals surface area contributed by atoms with Crippen LogP contribution in [0.15, 0.2) is 29.2 Å². The standard InChI is InChI=1S/C29H42N4O2S/c1-3-5-10-22(9-4-2)19-31-14-8-11-23(20-31)33-28-24-12-6-7-13-26(24)36-21-25(28)27(30-33)29(34)32-15-17-35-18-16-32/h6-7,12-13,22-23H,3-5,8-11,14-21H2,1-2H3. The summed E-state index contributed by atoms with van der Waals surface area (Å²) in [6.07, 6.45) is 8.84. The molecule has 0 spiro atoms. The van der Waals surface area contributed by atoms with Gasteiger partial charge in [0.2, 0.25) is 0 Å². The first-order valence-corrected chi connectivity index (χ1v) is 15.1. The molecule has 0 aliphatic carbocycles. The molecular formula is C29H42N4O2S. The lowest BCUT2D eigenvalue weighted by molar-refractivity contribution is 0.0297. The van der Waals surface area contributed by atoms with Gasteiger partial charge in [-0.1, -0.05) is 51.3 Å². The second-order valence-corrected chi connectivity index (χ2v) is 11.7. The fourth-order valence-corrected chi connectivity index (χ4v) is 7.24. The van der Waals surface area contributed by atoms with E-state index in [1.807, 2.05) is 16.7 Å². The van der Waals surface area contributed by atoms with Crippen LogP contribution < -0.4 is 0 Å². The number of nitrogens with zero attached hydrogens (tertiary/aromatic N) is 4. The summed E-state index contributed by atoms with van der Waals surface area (Å²) in [5.41, 5.74) is 4.21. The monoisotopic (exact) mass is 510 g/mol. The summed E-state index contributed by atoms with van der Waals surface area (Å²) in [6, 6.07) is 8.96. The first kappa shape index (κ1) is 25.8. The number of morpholine rings is 1. The third-order valence-corrected chi connectivity index (χ3v) is 9.13. The molecule has 6 nitrogen and oxygen atoms in total. The maximum atomic E-state index is 13.6. The van der Waals surface area contributed by atoms with Gasteiger partial charge in [-0.2, -0.15) is 5.10 Å². The van der Waals surface area contributed by atoms with Gasteiger partial charge in [0.25, 0.3) is 5.91 Å². The molecule has 1 amide bonds. The first-order chi connectivity index (χ1) is 17.7. The van der Waals surface area contributed by atoms with Crippen LogP contribution in [0.1, 0.15) is 80.9 Å². The highest BCUT2D eigenvalue weighted by molar-refractivity contribution is 7.98. The van der Waals surface area contributed by atoms with Crippen molar-refractivity contribution in [3.63, 3.8) is 0 Å². The summed E-state index contributed by atoms with van der Waals surface area (Å²) in [5.74, 6) is 1.67. The van der Waals surface area contributed by atoms with Crippen molar-refractivity contribution in [3.8, 4) is 11.3 Å². The fourth-order valence-electron chi connectivity index (χ4n) is 6.17. The maximum Gasteiger partial charge on any atom is 0.274 e. The van der Waals surface area contributed by atoms with Crippen LogP contribution in [0.5, 0.6) is 0 Å². The second-order valence-electron chi connectivity index (χ2n) is 10.7. The van der Waals surface area contributed by atoms with Gasteiger partial charge in [0.15, 0.2) is 5.69 Å². The van der Waals surface area contributed by atoms with Crippen LogP contribution in [0.3, 0.4) is 0 Å². The first-order valence-electron chi connectivity index (χ1n) is 14.1. The number of aromatic nitrogens is 2. The predicted octanol–water partition coefficient (Wildman–Crippen LogP) is 5.87. The molecule has 3 aliphatic rings. The molecule has 0 bridgehead atoms. The third kappa shape index (κ3) is 5.53. The molecule has 2 atom stereocenters. The van der Waals surface area contributed by atoms with Crippen molar-refractivity contribution in [2.24, 2.45) is 5.92 Å². The molecule has 1 aromatic carbocycles. The molecule has 4 heterocycles. The van der Waals surface area contributed by atoms with Crippen LogP contribution in [0.2, 0.25) is 0 Å². The molecular weight excluding hydrogens is 468 g/mol. The number of benzene rings is 1. The molecule has 1 aromatic heterocycles. The van der Waals surface area contributed by atoms with Crippen molar-refractivity contribution in [2.75, 3.05) is 45.9 Å². The minimum atomic E-state index is 0.0727. The summed E-state index contributed by atoms with van der Waals surface area (Å²) >= 11 is 1.83. The molecule has 0 saturated carbocycles. The number of rotatable bonds is 9. The maximum absolute atomic E-state index is 13.6. The minimum absolute atomic E-state index is 0.0727. The molecule has 36 heavy (non-hydrogen) atoms. The van der Waals surface area contributed by atoms with Crippen molar-refractivity contribution >= 4 is 17.7 Å². The number of fused-ring (bicyclic) bond motifs is 3. The molecule has 5 rings (SSSR count). The van der Waals surface area contributed by atoms with E-state index in [1.54, 1.807) is 0 Å². The van der Waals surface area contributed by atoms with Crippen LogP contribution in [0.4, 0.5) is 0 Å². The third-order valence-electron chi connectivity index (χ3n) is 8.03. The van der Waals surface area contributed by atoms with E-state index < -0.39 is 0 Å². The number of likely N-dealkylation sites (tertiary alicyclic amines) is 1. The Morgan fingerprint density at radius 3 is 2.78 bits per heavy atom. The summed E-state index contributed by atoms with van der Waals surface area (Å²) in [5, 5.41) is 5.13. The number of amides is 1. The number of piperidine rings is 1. The summed E-state index contributed by atoms with van der Waals surface area (Å²) in [7, 11) is 0. The van der Waals surface area contributed by atoms with E-state index in [2.05, 4.69) is 47.7 Å². The highest BCUT2D eigenvalue weighted by atomic mass is 32.2. The van der Waals surface area contributed by atoms with Crippen LogP contribution >= 0.6 is 11.8 Å². The van der Waals surface area contributed by atoms with Crippen molar-refractivity contribution in [1.82, 2.24) is 19.6 Å². The lowest BCUT2D eigenvalue weighted by atomic mass is 9.95. The normalized spacial score (nSPS) is 21.2. The lowest BCUT2D eigenvalue weighted by Gasteiger charge is -2.36. The van der Waals surface area contributed by atoms with E-state index in [0.717, 1.165) is 30.2 Å². The van der Waals surface area contributed by atoms with Crippen LogP contribution in [-0.4, -0.2) is 71.4 Å². The number of hydrogen-bond donors (Lipinski definition) is 0. The Kier molecular flexibility index (Phi) is 8.70. The number of carbonyl (C=O) groups excluding carboxylic acids is 1. The summed E-state index contributed by atoms with van der Waals surface area (Å²) < 4.78 is 7.76. The molecule has 2 saturated heterocycles. The van der Waals surface area contributed by atoms with E-state index in [9.17, 15) is 4.79 Å². The topological polar surface area (TPSA) is 50.6 Å². The van der Waals surface area contributed by atoms with Gasteiger partial charge < -0.3 is 14.5 Å². The van der Waals surface area contributed by atoms with Crippen LogP contribution in [0, 0.1) is 5.92 Å². The Bertz CT molecular complexity index is 1030. The van der Waals surface area contributed by atoms with Crippen molar-refractivity contribution in [3.05, 3.63) is 35.5 Å². The van der Waals surface area contributed by atoms with E-state index in [0.29, 0.717) is 38.0 Å². The van der Waals surface area contributed by atoms with Gasteiger partial charge in [-0.05, 0) is 44.2 Å². The predicted molar refractivity (Wildman–Crippen MR) is 147 cm³/mol. The largest absolute Gasteiger partial charge is 0.378 e. The minimum Gasteiger partial charge on any atom is -0.378 e. The van der Waals surface area contributed by atoms with Gasteiger partial charge in [-0.15, -0.1) is 11.8 Å². The average Bonchev–Trinajstić information content (AvgIpc) is 3.32. The number of carbonyl (C=O) groups is 1. The Hall–Kier alpha value is -1.83. The quantitative estimate of drug-likeness (QED) is 0.422. The number of hydrogen-bond acceptors (Lipinski definition) is 5. The van der Waals surface area contributed by atoms with Crippen molar-refractivity contribution in [2.45, 2.75) is 75.5 Å². The molecule has 196 valence electrons. The zero-order chi connectivity index (χ0) is 24.9. The van der Waals surface area contributed by atoms with E-state index in [4.69, 9.17) is 9.84 Å². The Labute approximate surface area is 220 Å². The number of unbranched alkanes of at least 4 members (excludes halogenated alkanes) is 1. The zero-order valence-electron chi connectivity index (χ0n) is 22.1. The van der Waals surface area contributed by atoms with Gasteiger partial charge in [-0.25, -0.2) is 0 Å².